The van der Waals surface area contributed by atoms with Gasteiger partial charge in [-0.3, -0.25) is 9.78 Å². The fourth-order valence-corrected chi connectivity index (χ4v) is 3.88. The molecule has 0 unspecified atom stereocenters. The van der Waals surface area contributed by atoms with Crippen LogP contribution in [0.3, 0.4) is 0 Å². The van der Waals surface area contributed by atoms with Gasteiger partial charge in [-0.05, 0) is 57.4 Å². The van der Waals surface area contributed by atoms with Crippen LogP contribution in [-0.2, 0) is 9.53 Å². The van der Waals surface area contributed by atoms with E-state index in [9.17, 15) is 4.79 Å². The van der Waals surface area contributed by atoms with Gasteiger partial charge in [0.1, 0.15) is 16.9 Å². The van der Waals surface area contributed by atoms with Crippen molar-refractivity contribution < 1.29 is 14.3 Å². The van der Waals surface area contributed by atoms with Crippen molar-refractivity contribution in [3.05, 3.63) is 30.5 Å². The van der Waals surface area contributed by atoms with E-state index >= 15 is 0 Å². The molecule has 0 saturated heterocycles. The fourth-order valence-electron chi connectivity index (χ4n) is 3.88. The van der Waals surface area contributed by atoms with E-state index in [0.717, 1.165) is 54.4 Å². The molecule has 0 radical (unpaired) electrons. The van der Waals surface area contributed by atoms with E-state index in [2.05, 4.69) is 17.2 Å². The van der Waals surface area contributed by atoms with Crippen molar-refractivity contribution in [1.82, 2.24) is 4.98 Å². The van der Waals surface area contributed by atoms with Crippen LogP contribution in [-0.4, -0.2) is 29.2 Å². The predicted molar refractivity (Wildman–Crippen MR) is 113 cm³/mol. The number of fused-ring (bicyclic) bond motifs is 1. The molecule has 1 aliphatic rings. The lowest BCUT2D eigenvalue weighted by molar-refractivity contribution is -0.143. The lowest BCUT2D eigenvalue weighted by Gasteiger charge is -2.31. The van der Waals surface area contributed by atoms with Crippen molar-refractivity contribution in [2.75, 3.05) is 11.9 Å². The average Bonchev–Trinajstić information content (AvgIpc) is 2.94. The van der Waals surface area contributed by atoms with Gasteiger partial charge in [0.2, 0.25) is 0 Å². The molecule has 1 saturated carbocycles. The highest BCUT2D eigenvalue weighted by molar-refractivity contribution is 6.05. The molecule has 1 fully saturated rings. The molecule has 152 valence electrons. The van der Waals surface area contributed by atoms with Gasteiger partial charge in [0.05, 0.1) is 11.8 Å². The van der Waals surface area contributed by atoms with Crippen LogP contribution in [0.4, 0.5) is 5.69 Å². The lowest BCUT2D eigenvalue weighted by atomic mass is 9.92. The molecular formula is C23H32N2O3. The summed E-state index contributed by atoms with van der Waals surface area (Å²) in [5, 5.41) is 4.04. The Labute approximate surface area is 167 Å². The quantitative estimate of drug-likeness (QED) is 0.642. The molecule has 3 rings (SSSR count). The number of pyridine rings is 1. The van der Waals surface area contributed by atoms with Crippen LogP contribution >= 0.6 is 0 Å². The van der Waals surface area contributed by atoms with Gasteiger partial charge in [-0.25, -0.2) is 0 Å². The Morgan fingerprint density at radius 3 is 2.61 bits per heavy atom. The molecule has 5 heteroatoms. The van der Waals surface area contributed by atoms with Crippen LogP contribution in [0.2, 0.25) is 0 Å². The van der Waals surface area contributed by atoms with Crippen molar-refractivity contribution in [3.8, 4) is 5.75 Å². The zero-order chi connectivity index (χ0) is 20.0. The van der Waals surface area contributed by atoms with Gasteiger partial charge >= 0.3 is 0 Å². The van der Waals surface area contributed by atoms with Crippen LogP contribution in [0.25, 0.3) is 10.9 Å². The summed E-state index contributed by atoms with van der Waals surface area (Å²) in [4.78, 5) is 17.9. The van der Waals surface area contributed by atoms with Gasteiger partial charge < -0.3 is 14.8 Å². The highest BCUT2D eigenvalue weighted by Crippen LogP contribution is 2.35. The topological polar surface area (TPSA) is 60.5 Å². The largest absolute Gasteiger partial charge is 0.489 e. The zero-order valence-corrected chi connectivity index (χ0v) is 17.3. The summed E-state index contributed by atoms with van der Waals surface area (Å²) in [5.74, 6) is 0.695. The van der Waals surface area contributed by atoms with Crippen molar-refractivity contribution >= 4 is 22.5 Å². The normalized spacial score (nSPS) is 16.7. The fraction of sp³-hybridized carbons (Fsp3) is 0.565. The summed E-state index contributed by atoms with van der Waals surface area (Å²) in [6.07, 6.45) is 8.66. The maximum atomic E-state index is 13.4. The van der Waals surface area contributed by atoms with Crippen molar-refractivity contribution in [2.45, 2.75) is 77.4 Å². The molecule has 0 spiro atoms. The first-order chi connectivity index (χ1) is 13.6. The van der Waals surface area contributed by atoms with Gasteiger partial charge in [0, 0.05) is 18.2 Å². The lowest BCUT2D eigenvalue weighted by Crippen LogP contribution is -2.45. The Bertz CT molecular complexity index is 796. The Morgan fingerprint density at radius 2 is 1.93 bits per heavy atom. The van der Waals surface area contributed by atoms with E-state index < -0.39 is 5.60 Å². The van der Waals surface area contributed by atoms with Crippen LogP contribution in [0, 0.1) is 0 Å². The van der Waals surface area contributed by atoms with E-state index in [-0.39, 0.29) is 12.0 Å². The second kappa shape index (κ2) is 9.37. The second-order valence-electron chi connectivity index (χ2n) is 7.89. The third kappa shape index (κ3) is 4.64. The summed E-state index contributed by atoms with van der Waals surface area (Å²) in [7, 11) is 0. The molecule has 28 heavy (non-hydrogen) atoms. The van der Waals surface area contributed by atoms with Gasteiger partial charge in [-0.1, -0.05) is 32.6 Å². The number of anilines is 1. The molecule has 0 aliphatic heterocycles. The third-order valence-corrected chi connectivity index (χ3v) is 5.25. The summed E-state index contributed by atoms with van der Waals surface area (Å²) in [6.45, 7) is 6.67. The summed E-state index contributed by atoms with van der Waals surface area (Å²) < 4.78 is 12.1. The second-order valence-corrected chi connectivity index (χ2v) is 7.89. The molecule has 0 bridgehead atoms. The van der Waals surface area contributed by atoms with E-state index in [0.29, 0.717) is 6.61 Å². The first kappa shape index (κ1) is 20.6. The van der Waals surface area contributed by atoms with Gasteiger partial charge in [-0.2, -0.15) is 0 Å². The number of benzene rings is 1. The standard InChI is InChI=1S/C23H32N2O3/c1-4-16-27-23(13-7-5-6-8-14-23)22(26)25-19-11-12-20(28-17(2)3)21-18(19)10-9-15-24-21/h9-12,15,17H,4-8,13-14,16H2,1-3H3,(H,25,26). The number of nitrogens with zero attached hydrogens (tertiary/aromatic N) is 1. The minimum absolute atomic E-state index is 0.0365. The zero-order valence-electron chi connectivity index (χ0n) is 17.3. The summed E-state index contributed by atoms with van der Waals surface area (Å²) >= 11 is 0. The third-order valence-electron chi connectivity index (χ3n) is 5.25. The molecule has 1 N–H and O–H groups in total. The van der Waals surface area contributed by atoms with Gasteiger partial charge in [-0.15, -0.1) is 0 Å². The monoisotopic (exact) mass is 384 g/mol. The molecule has 1 aliphatic carbocycles. The predicted octanol–water partition coefficient (Wildman–Crippen LogP) is 5.48. The number of carbonyl (C=O) groups is 1. The molecular weight excluding hydrogens is 352 g/mol. The van der Waals surface area contributed by atoms with E-state index in [1.54, 1.807) is 6.20 Å². The van der Waals surface area contributed by atoms with Gasteiger partial charge in [0.25, 0.3) is 5.91 Å². The van der Waals surface area contributed by atoms with Crippen LogP contribution in [0.15, 0.2) is 30.5 Å². The van der Waals surface area contributed by atoms with Crippen molar-refractivity contribution in [1.29, 1.82) is 0 Å². The first-order valence-corrected chi connectivity index (χ1v) is 10.6. The first-order valence-electron chi connectivity index (χ1n) is 10.6. The Kier molecular flexibility index (Phi) is 6.89. The number of amides is 1. The molecule has 5 nitrogen and oxygen atoms in total. The average molecular weight is 385 g/mol. The molecule has 1 amide bonds. The van der Waals surface area contributed by atoms with Crippen LogP contribution in [0.5, 0.6) is 5.75 Å². The molecule has 0 atom stereocenters. The number of nitrogens with one attached hydrogen (secondary N) is 1. The molecule has 1 heterocycles. The number of hydrogen-bond acceptors (Lipinski definition) is 4. The Hall–Kier alpha value is -2.14. The number of hydrogen-bond donors (Lipinski definition) is 1. The Balaban J connectivity index is 1.91. The Morgan fingerprint density at radius 1 is 1.18 bits per heavy atom. The highest BCUT2D eigenvalue weighted by atomic mass is 16.5. The van der Waals surface area contributed by atoms with Crippen LogP contribution in [0.1, 0.15) is 65.7 Å². The smallest absolute Gasteiger partial charge is 0.256 e. The summed E-state index contributed by atoms with van der Waals surface area (Å²) in [6, 6.07) is 7.64. The van der Waals surface area contributed by atoms with Gasteiger partial charge in [0.15, 0.2) is 0 Å². The summed E-state index contributed by atoms with van der Waals surface area (Å²) in [5.41, 5.74) is 0.792. The minimum atomic E-state index is -0.728. The number of carbonyl (C=O) groups excluding carboxylic acids is 1. The SMILES string of the molecule is CCCOC1(C(=O)Nc2ccc(OC(C)C)c3ncccc23)CCCCCC1. The van der Waals surface area contributed by atoms with Crippen molar-refractivity contribution in [2.24, 2.45) is 0 Å². The van der Waals surface area contributed by atoms with E-state index in [4.69, 9.17) is 9.47 Å². The number of aromatic nitrogens is 1. The minimum Gasteiger partial charge on any atom is -0.489 e. The molecule has 1 aromatic heterocycles. The van der Waals surface area contributed by atoms with Crippen LogP contribution < -0.4 is 10.1 Å². The van der Waals surface area contributed by atoms with E-state index in [1.807, 2.05) is 38.1 Å². The van der Waals surface area contributed by atoms with E-state index in [1.165, 1.54) is 12.8 Å². The number of ether oxygens (including phenoxy) is 2. The maximum absolute atomic E-state index is 13.4. The number of rotatable bonds is 7. The molecule has 1 aromatic carbocycles. The molecule has 2 aromatic rings. The highest BCUT2D eigenvalue weighted by Gasteiger charge is 2.39. The maximum Gasteiger partial charge on any atom is 0.256 e. The van der Waals surface area contributed by atoms with Crippen molar-refractivity contribution in [3.63, 3.8) is 0 Å².